The highest BCUT2D eigenvalue weighted by molar-refractivity contribution is 9.10. The van der Waals surface area contributed by atoms with Crippen molar-refractivity contribution in [3.63, 3.8) is 0 Å². The van der Waals surface area contributed by atoms with Crippen LogP contribution in [0.3, 0.4) is 0 Å². The molecular formula is C19H19BrN2O. The molecule has 1 aliphatic carbocycles. The number of aryl methyl sites for hydroxylation is 1. The summed E-state index contributed by atoms with van der Waals surface area (Å²) in [5, 5.41) is 14.4. The Kier molecular flexibility index (Phi) is 3.87. The van der Waals surface area contributed by atoms with E-state index in [0.717, 1.165) is 23.9 Å². The highest BCUT2D eigenvalue weighted by atomic mass is 79.9. The lowest BCUT2D eigenvalue weighted by Crippen LogP contribution is -2.24. The van der Waals surface area contributed by atoms with Crippen molar-refractivity contribution < 1.29 is 5.11 Å². The topological polar surface area (TPSA) is 48.0 Å². The Morgan fingerprint density at radius 3 is 2.83 bits per heavy atom. The molecule has 3 N–H and O–H groups in total. The van der Waals surface area contributed by atoms with E-state index < -0.39 is 0 Å². The minimum absolute atomic E-state index is 0.315. The summed E-state index contributed by atoms with van der Waals surface area (Å²) in [6, 6.07) is 14.2. The molecule has 0 saturated heterocycles. The zero-order valence-electron chi connectivity index (χ0n) is 12.8. The third-order valence-electron chi connectivity index (χ3n) is 4.66. The van der Waals surface area contributed by atoms with Crippen molar-refractivity contribution in [3.05, 3.63) is 63.8 Å². The van der Waals surface area contributed by atoms with Gasteiger partial charge in [-0.05, 0) is 60.7 Å². The van der Waals surface area contributed by atoms with Gasteiger partial charge in [-0.25, -0.2) is 0 Å². The van der Waals surface area contributed by atoms with Crippen LogP contribution in [0.2, 0.25) is 0 Å². The number of aromatic amines is 1. The third-order valence-corrected chi connectivity index (χ3v) is 5.15. The van der Waals surface area contributed by atoms with Gasteiger partial charge in [-0.2, -0.15) is 0 Å². The normalized spacial score (nSPS) is 17.3. The van der Waals surface area contributed by atoms with Crippen LogP contribution in [0.15, 0.2) is 46.9 Å². The van der Waals surface area contributed by atoms with Crippen LogP contribution >= 0.6 is 15.9 Å². The number of phenols is 1. The molecule has 0 fully saturated rings. The standard InChI is InChI=1S/C19H19BrN2O/c20-13-6-9-17-16(10-13)15-2-1-3-18(19(15)22-17)21-11-12-4-7-14(23)8-5-12/h4-10,18,21-23H,1-3,11H2. The van der Waals surface area contributed by atoms with Crippen LogP contribution in [0, 0.1) is 0 Å². The number of nitrogens with one attached hydrogen (secondary N) is 2. The van der Waals surface area contributed by atoms with Crippen molar-refractivity contribution in [1.82, 2.24) is 10.3 Å². The molecule has 1 aromatic heterocycles. The maximum Gasteiger partial charge on any atom is 0.115 e. The SMILES string of the molecule is Oc1ccc(CNC2CCCc3c2[nH]c2ccc(Br)cc32)cc1. The lowest BCUT2D eigenvalue weighted by molar-refractivity contribution is 0.451. The second kappa shape index (κ2) is 6.02. The van der Waals surface area contributed by atoms with Gasteiger partial charge >= 0.3 is 0 Å². The summed E-state index contributed by atoms with van der Waals surface area (Å²) >= 11 is 3.58. The molecule has 0 amide bonds. The van der Waals surface area contributed by atoms with Gasteiger partial charge in [0.2, 0.25) is 0 Å². The first-order valence-electron chi connectivity index (χ1n) is 8.02. The summed E-state index contributed by atoms with van der Waals surface area (Å²) in [5.41, 5.74) is 5.20. The molecule has 0 aliphatic heterocycles. The second-order valence-electron chi connectivity index (χ2n) is 6.20. The zero-order chi connectivity index (χ0) is 15.8. The van der Waals surface area contributed by atoms with Gasteiger partial charge in [0, 0.05) is 33.7 Å². The molecule has 0 radical (unpaired) electrons. The lowest BCUT2D eigenvalue weighted by atomic mass is 9.91. The lowest BCUT2D eigenvalue weighted by Gasteiger charge is -2.24. The van der Waals surface area contributed by atoms with Crippen molar-refractivity contribution in [2.24, 2.45) is 0 Å². The first kappa shape index (κ1) is 14.8. The minimum Gasteiger partial charge on any atom is -0.508 e. The Morgan fingerprint density at radius 2 is 2.00 bits per heavy atom. The number of halogens is 1. The van der Waals surface area contributed by atoms with Crippen LogP contribution in [0.1, 0.15) is 35.7 Å². The molecule has 3 nitrogen and oxygen atoms in total. The molecule has 1 atom stereocenters. The maximum absolute atomic E-state index is 9.38. The van der Waals surface area contributed by atoms with Crippen molar-refractivity contribution in [1.29, 1.82) is 0 Å². The Balaban J connectivity index is 1.60. The fraction of sp³-hybridized carbons (Fsp3) is 0.263. The molecule has 1 unspecified atom stereocenters. The molecule has 2 aromatic carbocycles. The van der Waals surface area contributed by atoms with Crippen LogP contribution in [-0.4, -0.2) is 10.1 Å². The van der Waals surface area contributed by atoms with Crippen LogP contribution < -0.4 is 5.32 Å². The number of benzene rings is 2. The second-order valence-corrected chi connectivity index (χ2v) is 7.11. The molecule has 3 aromatic rings. The molecule has 118 valence electrons. The van der Waals surface area contributed by atoms with Crippen molar-refractivity contribution in [2.45, 2.75) is 31.8 Å². The molecule has 0 saturated carbocycles. The highest BCUT2D eigenvalue weighted by Gasteiger charge is 2.23. The number of rotatable bonds is 3. The van der Waals surface area contributed by atoms with E-state index in [4.69, 9.17) is 0 Å². The molecule has 4 heteroatoms. The summed E-state index contributed by atoms with van der Waals surface area (Å²) < 4.78 is 1.13. The summed E-state index contributed by atoms with van der Waals surface area (Å²) in [7, 11) is 0. The Bertz CT molecular complexity index is 838. The van der Waals surface area contributed by atoms with E-state index in [2.05, 4.69) is 44.4 Å². The predicted molar refractivity (Wildman–Crippen MR) is 96.6 cm³/mol. The number of H-pyrrole nitrogens is 1. The Hall–Kier alpha value is -1.78. The van der Waals surface area contributed by atoms with Crippen LogP contribution in [0.5, 0.6) is 5.75 Å². The van der Waals surface area contributed by atoms with Gasteiger partial charge in [0.05, 0.1) is 0 Å². The number of aromatic hydroxyl groups is 1. The quantitative estimate of drug-likeness (QED) is 0.619. The molecule has 23 heavy (non-hydrogen) atoms. The number of hydrogen-bond acceptors (Lipinski definition) is 2. The molecule has 1 aliphatic rings. The Morgan fingerprint density at radius 1 is 1.17 bits per heavy atom. The van der Waals surface area contributed by atoms with Gasteiger partial charge in [0.15, 0.2) is 0 Å². The highest BCUT2D eigenvalue weighted by Crippen LogP contribution is 2.35. The van der Waals surface area contributed by atoms with Gasteiger partial charge < -0.3 is 15.4 Å². The molecular weight excluding hydrogens is 352 g/mol. The summed E-state index contributed by atoms with van der Waals surface area (Å²) in [4.78, 5) is 3.62. The van der Waals surface area contributed by atoms with E-state index in [9.17, 15) is 5.11 Å². The van der Waals surface area contributed by atoms with Gasteiger partial charge in [-0.3, -0.25) is 0 Å². The van der Waals surface area contributed by atoms with Gasteiger partial charge in [-0.1, -0.05) is 28.1 Å². The zero-order valence-corrected chi connectivity index (χ0v) is 14.4. The van der Waals surface area contributed by atoms with E-state index in [1.807, 2.05) is 12.1 Å². The average Bonchev–Trinajstić information content (AvgIpc) is 2.93. The Labute approximate surface area is 143 Å². The van der Waals surface area contributed by atoms with Crippen molar-refractivity contribution in [2.75, 3.05) is 0 Å². The smallest absolute Gasteiger partial charge is 0.115 e. The minimum atomic E-state index is 0.315. The molecule has 0 bridgehead atoms. The predicted octanol–water partition coefficient (Wildman–Crippen LogP) is 4.80. The average molecular weight is 371 g/mol. The van der Waals surface area contributed by atoms with E-state index in [0.29, 0.717) is 11.8 Å². The van der Waals surface area contributed by atoms with Crippen LogP contribution in [0.25, 0.3) is 10.9 Å². The van der Waals surface area contributed by atoms with Crippen molar-refractivity contribution in [3.8, 4) is 5.75 Å². The van der Waals surface area contributed by atoms with Gasteiger partial charge in [-0.15, -0.1) is 0 Å². The molecule has 0 spiro atoms. The summed E-state index contributed by atoms with van der Waals surface area (Å²) in [5.74, 6) is 0.315. The number of aromatic nitrogens is 1. The number of hydrogen-bond donors (Lipinski definition) is 3. The maximum atomic E-state index is 9.38. The first-order chi connectivity index (χ1) is 11.2. The third kappa shape index (κ3) is 2.89. The summed E-state index contributed by atoms with van der Waals surface area (Å²) in [6.07, 6.45) is 3.50. The van der Waals surface area contributed by atoms with Crippen molar-refractivity contribution >= 4 is 26.8 Å². The van der Waals surface area contributed by atoms with E-state index in [1.54, 1.807) is 12.1 Å². The van der Waals surface area contributed by atoms with E-state index in [-0.39, 0.29) is 0 Å². The fourth-order valence-corrected chi connectivity index (χ4v) is 3.85. The van der Waals surface area contributed by atoms with Gasteiger partial charge in [0.25, 0.3) is 0 Å². The molecule has 4 rings (SSSR count). The fourth-order valence-electron chi connectivity index (χ4n) is 3.49. The molecule has 1 heterocycles. The monoisotopic (exact) mass is 370 g/mol. The summed E-state index contributed by atoms with van der Waals surface area (Å²) in [6.45, 7) is 0.809. The largest absolute Gasteiger partial charge is 0.508 e. The van der Waals surface area contributed by atoms with E-state index >= 15 is 0 Å². The van der Waals surface area contributed by atoms with Gasteiger partial charge in [0.1, 0.15) is 5.75 Å². The van der Waals surface area contributed by atoms with Crippen LogP contribution in [0.4, 0.5) is 0 Å². The number of fused-ring (bicyclic) bond motifs is 3. The number of phenolic OH excluding ortho intramolecular Hbond substituents is 1. The van der Waals surface area contributed by atoms with Crippen LogP contribution in [-0.2, 0) is 13.0 Å². The van der Waals surface area contributed by atoms with E-state index in [1.165, 1.54) is 34.1 Å². The first-order valence-corrected chi connectivity index (χ1v) is 8.81.